The van der Waals surface area contributed by atoms with Crippen LogP contribution >= 0.6 is 11.6 Å². The predicted molar refractivity (Wildman–Crippen MR) is 68.7 cm³/mol. The van der Waals surface area contributed by atoms with Crippen molar-refractivity contribution in [2.24, 2.45) is 5.92 Å². The third-order valence-electron chi connectivity index (χ3n) is 2.80. The van der Waals surface area contributed by atoms with Gasteiger partial charge < -0.3 is 0 Å². The largest absolute Gasteiger partial charge is 0.123 e. The molecule has 0 fully saturated rings. The third-order valence-corrected chi connectivity index (χ3v) is 2.98. The van der Waals surface area contributed by atoms with E-state index in [-0.39, 0.29) is 5.38 Å². The lowest BCUT2D eigenvalue weighted by molar-refractivity contribution is 0.525. The third kappa shape index (κ3) is 4.25. The molecule has 0 aliphatic carbocycles. The van der Waals surface area contributed by atoms with Crippen LogP contribution in [0.5, 0.6) is 0 Å². The van der Waals surface area contributed by atoms with Gasteiger partial charge in [-0.2, -0.15) is 0 Å². The maximum atomic E-state index is 6.01. The summed E-state index contributed by atoms with van der Waals surface area (Å²) in [6.07, 6.45) is 2.24. The fourth-order valence-electron chi connectivity index (χ4n) is 2.03. The zero-order valence-electron chi connectivity index (χ0n) is 10.2. The van der Waals surface area contributed by atoms with E-state index < -0.39 is 0 Å². The number of benzene rings is 1. The molecule has 0 spiro atoms. The first-order valence-electron chi connectivity index (χ1n) is 5.69. The van der Waals surface area contributed by atoms with E-state index in [0.717, 1.165) is 12.8 Å². The lowest BCUT2D eigenvalue weighted by Crippen LogP contribution is -2.06. The van der Waals surface area contributed by atoms with Crippen LogP contribution in [0, 0.1) is 19.8 Å². The second-order valence-corrected chi connectivity index (χ2v) is 5.50. The summed E-state index contributed by atoms with van der Waals surface area (Å²) >= 11 is 6.01. The van der Waals surface area contributed by atoms with Crippen LogP contribution < -0.4 is 0 Å². The average Bonchev–Trinajstić information content (AvgIpc) is 2.10. The molecule has 1 aromatic rings. The van der Waals surface area contributed by atoms with E-state index in [0.29, 0.717) is 5.92 Å². The van der Waals surface area contributed by atoms with Crippen molar-refractivity contribution < 1.29 is 0 Å². The number of hydrogen-bond acceptors (Lipinski definition) is 0. The molecule has 0 aliphatic heterocycles. The Morgan fingerprint density at radius 3 is 2.47 bits per heavy atom. The van der Waals surface area contributed by atoms with Gasteiger partial charge in [-0.05, 0) is 50.7 Å². The smallest absolute Gasteiger partial charge is 0.0310 e. The van der Waals surface area contributed by atoms with Gasteiger partial charge in [0.05, 0.1) is 0 Å². The van der Waals surface area contributed by atoms with Crippen molar-refractivity contribution in [3.05, 3.63) is 34.9 Å². The minimum atomic E-state index is 0.283. The Morgan fingerprint density at radius 1 is 1.20 bits per heavy atom. The molecule has 0 amide bonds. The number of aryl methyl sites for hydroxylation is 2. The zero-order chi connectivity index (χ0) is 11.4. The van der Waals surface area contributed by atoms with Crippen LogP contribution in [-0.2, 0) is 6.42 Å². The van der Waals surface area contributed by atoms with E-state index in [1.807, 2.05) is 0 Å². The summed E-state index contributed by atoms with van der Waals surface area (Å²) in [5.74, 6) is 0.665. The minimum Gasteiger partial charge on any atom is -0.123 e. The van der Waals surface area contributed by atoms with Crippen molar-refractivity contribution in [1.82, 2.24) is 0 Å². The van der Waals surface area contributed by atoms with Gasteiger partial charge in [0.25, 0.3) is 0 Å². The Labute approximate surface area is 98.7 Å². The van der Waals surface area contributed by atoms with Gasteiger partial charge in [-0.1, -0.05) is 30.7 Å². The Morgan fingerprint density at radius 2 is 1.87 bits per heavy atom. The van der Waals surface area contributed by atoms with Crippen molar-refractivity contribution in [2.75, 3.05) is 0 Å². The molecule has 0 N–H and O–H groups in total. The standard InChI is InChI=1S/C14H21Cl/c1-10-5-6-12(3)14(8-10)9-11(2)7-13(4)15/h5-6,8,11,13H,7,9H2,1-4H3. The molecule has 0 aliphatic rings. The van der Waals surface area contributed by atoms with Crippen LogP contribution in [0.1, 0.15) is 37.0 Å². The summed E-state index contributed by atoms with van der Waals surface area (Å²) in [4.78, 5) is 0. The second kappa shape index (κ2) is 5.55. The molecule has 0 heterocycles. The molecule has 0 aromatic heterocycles. The van der Waals surface area contributed by atoms with Crippen LogP contribution in [-0.4, -0.2) is 5.38 Å². The predicted octanol–water partition coefficient (Wildman–Crippen LogP) is 4.50. The normalized spacial score (nSPS) is 15.0. The highest BCUT2D eigenvalue weighted by Crippen LogP contribution is 2.19. The number of hydrogen-bond donors (Lipinski definition) is 0. The molecule has 0 saturated carbocycles. The first-order valence-corrected chi connectivity index (χ1v) is 6.13. The highest BCUT2D eigenvalue weighted by atomic mass is 35.5. The number of halogens is 1. The quantitative estimate of drug-likeness (QED) is 0.661. The Bertz CT molecular complexity index is 315. The molecule has 2 unspecified atom stereocenters. The summed E-state index contributed by atoms with van der Waals surface area (Å²) in [6, 6.07) is 6.68. The Kier molecular flexibility index (Phi) is 4.66. The molecule has 1 heteroatoms. The summed E-state index contributed by atoms with van der Waals surface area (Å²) in [7, 11) is 0. The van der Waals surface area contributed by atoms with Gasteiger partial charge in [0.1, 0.15) is 0 Å². The van der Waals surface area contributed by atoms with E-state index in [1.54, 1.807) is 0 Å². The fraction of sp³-hybridized carbons (Fsp3) is 0.571. The molecule has 15 heavy (non-hydrogen) atoms. The topological polar surface area (TPSA) is 0 Å². The molecule has 1 aromatic carbocycles. The number of alkyl halides is 1. The highest BCUT2D eigenvalue weighted by molar-refractivity contribution is 6.20. The summed E-state index contributed by atoms with van der Waals surface area (Å²) in [5.41, 5.74) is 4.22. The first-order chi connectivity index (χ1) is 6.99. The maximum absolute atomic E-state index is 6.01. The van der Waals surface area contributed by atoms with Crippen LogP contribution in [0.4, 0.5) is 0 Å². The van der Waals surface area contributed by atoms with Gasteiger partial charge >= 0.3 is 0 Å². The van der Waals surface area contributed by atoms with E-state index >= 15 is 0 Å². The van der Waals surface area contributed by atoms with Crippen LogP contribution in [0.3, 0.4) is 0 Å². The molecular weight excluding hydrogens is 204 g/mol. The molecule has 2 atom stereocenters. The first kappa shape index (κ1) is 12.6. The molecule has 84 valence electrons. The molecule has 1 rings (SSSR count). The van der Waals surface area contributed by atoms with Crippen LogP contribution in [0.25, 0.3) is 0 Å². The average molecular weight is 225 g/mol. The number of rotatable bonds is 4. The van der Waals surface area contributed by atoms with E-state index in [4.69, 9.17) is 11.6 Å². The molecular formula is C14H21Cl. The monoisotopic (exact) mass is 224 g/mol. The molecule has 0 bridgehead atoms. The molecule has 0 radical (unpaired) electrons. The van der Waals surface area contributed by atoms with Gasteiger partial charge in [0.2, 0.25) is 0 Å². The van der Waals surface area contributed by atoms with Crippen LogP contribution in [0.15, 0.2) is 18.2 Å². The van der Waals surface area contributed by atoms with Gasteiger partial charge in [-0.3, -0.25) is 0 Å². The Balaban J connectivity index is 2.67. The molecule has 0 saturated heterocycles. The fourth-order valence-corrected chi connectivity index (χ4v) is 2.34. The zero-order valence-corrected chi connectivity index (χ0v) is 10.9. The lowest BCUT2D eigenvalue weighted by atomic mass is 9.93. The van der Waals surface area contributed by atoms with Gasteiger partial charge in [0.15, 0.2) is 0 Å². The van der Waals surface area contributed by atoms with Gasteiger partial charge in [-0.25, -0.2) is 0 Å². The van der Waals surface area contributed by atoms with Crippen molar-refractivity contribution >= 4 is 11.6 Å². The maximum Gasteiger partial charge on any atom is 0.0310 e. The summed E-state index contributed by atoms with van der Waals surface area (Å²) in [5, 5.41) is 0.283. The second-order valence-electron chi connectivity index (χ2n) is 4.76. The van der Waals surface area contributed by atoms with E-state index in [2.05, 4.69) is 45.9 Å². The van der Waals surface area contributed by atoms with E-state index in [1.165, 1.54) is 16.7 Å². The van der Waals surface area contributed by atoms with Crippen molar-refractivity contribution in [2.45, 2.75) is 45.9 Å². The van der Waals surface area contributed by atoms with Crippen molar-refractivity contribution in [3.63, 3.8) is 0 Å². The minimum absolute atomic E-state index is 0.283. The van der Waals surface area contributed by atoms with Crippen LogP contribution in [0.2, 0.25) is 0 Å². The van der Waals surface area contributed by atoms with Gasteiger partial charge in [-0.15, -0.1) is 11.6 Å². The molecule has 0 nitrogen and oxygen atoms in total. The highest BCUT2D eigenvalue weighted by Gasteiger charge is 2.08. The SMILES string of the molecule is Cc1ccc(C)c(CC(C)CC(C)Cl)c1. The van der Waals surface area contributed by atoms with Gasteiger partial charge in [0, 0.05) is 5.38 Å². The van der Waals surface area contributed by atoms with Crippen molar-refractivity contribution in [1.29, 1.82) is 0 Å². The summed E-state index contributed by atoms with van der Waals surface area (Å²) < 4.78 is 0. The Hall–Kier alpha value is -0.490. The summed E-state index contributed by atoms with van der Waals surface area (Å²) in [6.45, 7) is 8.69. The van der Waals surface area contributed by atoms with Crippen molar-refractivity contribution in [3.8, 4) is 0 Å². The lowest BCUT2D eigenvalue weighted by Gasteiger charge is -2.15. The van der Waals surface area contributed by atoms with E-state index in [9.17, 15) is 0 Å².